The molecule has 5 heteroatoms. The zero-order valence-corrected chi connectivity index (χ0v) is 30.3. The fourth-order valence-electron chi connectivity index (χ4n) is 9.60. The number of nitrogens with one attached hydrogen (secondary N) is 2. The van der Waals surface area contributed by atoms with Crippen LogP contribution in [0.5, 0.6) is 0 Å². The minimum Gasteiger partial charge on any atom is -0.351 e. The van der Waals surface area contributed by atoms with Gasteiger partial charge in [0, 0.05) is 56.7 Å². The van der Waals surface area contributed by atoms with Crippen molar-refractivity contribution in [3.63, 3.8) is 0 Å². The molecule has 4 atom stereocenters. The first-order valence-corrected chi connectivity index (χ1v) is 19.7. The fraction of sp³-hybridized carbons (Fsp3) is 0.204. The molecule has 1 aliphatic heterocycles. The highest BCUT2D eigenvalue weighted by Gasteiger charge is 2.30. The van der Waals surface area contributed by atoms with Gasteiger partial charge in [0.1, 0.15) is 18.2 Å². The minimum absolute atomic E-state index is 0.110. The molecule has 0 spiro atoms. The second kappa shape index (κ2) is 12.9. The molecule has 54 heavy (non-hydrogen) atoms. The molecular weight excluding hydrogens is 659 g/mol. The van der Waals surface area contributed by atoms with E-state index in [4.69, 9.17) is 4.99 Å². The second-order valence-corrected chi connectivity index (χ2v) is 15.4. The van der Waals surface area contributed by atoms with E-state index in [0.29, 0.717) is 5.92 Å². The van der Waals surface area contributed by atoms with E-state index < -0.39 is 0 Å². The smallest absolute Gasteiger partial charge is 0.129 e. The van der Waals surface area contributed by atoms with Crippen LogP contribution in [0, 0.1) is 5.92 Å². The zero-order chi connectivity index (χ0) is 35.6. The van der Waals surface area contributed by atoms with Crippen molar-refractivity contribution < 1.29 is 0 Å². The van der Waals surface area contributed by atoms with Gasteiger partial charge in [-0.15, -0.1) is 0 Å². The van der Waals surface area contributed by atoms with Gasteiger partial charge in [0.2, 0.25) is 0 Å². The van der Waals surface area contributed by atoms with E-state index in [0.717, 1.165) is 44.4 Å². The van der Waals surface area contributed by atoms with Crippen LogP contribution in [0.25, 0.3) is 40.9 Å². The predicted octanol–water partition coefficient (Wildman–Crippen LogP) is 8.84. The lowest BCUT2D eigenvalue weighted by atomic mass is 9.87. The number of allylic oxidation sites excluding steroid dienone is 9. The lowest BCUT2D eigenvalue weighted by Gasteiger charge is -2.33. The van der Waals surface area contributed by atoms with Crippen molar-refractivity contribution in [3.05, 3.63) is 183 Å². The Bertz CT molecular complexity index is 2690. The Balaban J connectivity index is 1.04. The van der Waals surface area contributed by atoms with Gasteiger partial charge >= 0.3 is 0 Å². The fourth-order valence-corrected chi connectivity index (χ4v) is 9.60. The Labute approximate surface area is 316 Å². The molecule has 0 saturated heterocycles. The maximum atomic E-state index is 5.21. The number of hydrogen-bond acceptors (Lipinski definition) is 3. The molecule has 264 valence electrons. The first kappa shape index (κ1) is 31.6. The van der Waals surface area contributed by atoms with Crippen molar-refractivity contribution >= 4 is 41.0 Å². The molecule has 0 amide bonds. The lowest BCUT2D eigenvalue weighted by Crippen LogP contribution is -2.45. The number of nitrogens with zero attached hydrogens (tertiary/aromatic N) is 3. The molecule has 0 radical (unpaired) electrons. The van der Waals surface area contributed by atoms with Crippen LogP contribution in [-0.2, 0) is 12.8 Å². The van der Waals surface area contributed by atoms with Crippen LogP contribution < -0.4 is 21.2 Å². The van der Waals surface area contributed by atoms with Crippen molar-refractivity contribution in [2.75, 3.05) is 0 Å². The van der Waals surface area contributed by atoms with Crippen molar-refractivity contribution in [1.29, 1.82) is 0 Å². The highest BCUT2D eigenvalue weighted by Crippen LogP contribution is 2.38. The van der Waals surface area contributed by atoms with Crippen molar-refractivity contribution in [1.82, 2.24) is 19.8 Å². The van der Waals surface area contributed by atoms with E-state index in [1.807, 2.05) is 0 Å². The van der Waals surface area contributed by atoms with Gasteiger partial charge in [-0.25, -0.2) is 4.99 Å². The second-order valence-electron chi connectivity index (χ2n) is 15.4. The molecule has 0 bridgehead atoms. The highest BCUT2D eigenvalue weighted by molar-refractivity contribution is 5.99. The van der Waals surface area contributed by atoms with E-state index in [2.05, 4.69) is 172 Å². The average molecular weight is 702 g/mol. The summed E-state index contributed by atoms with van der Waals surface area (Å²) < 4.78 is 5.23. The summed E-state index contributed by atoms with van der Waals surface area (Å²) in [5.74, 6) is 1.40. The van der Waals surface area contributed by atoms with Crippen LogP contribution >= 0.6 is 0 Å². The van der Waals surface area contributed by atoms with Crippen molar-refractivity contribution in [3.8, 4) is 5.69 Å². The number of hydrogen-bond donors (Lipinski definition) is 2. The molecular formula is C49H43N5. The van der Waals surface area contributed by atoms with Crippen LogP contribution in [0.4, 0.5) is 0 Å². The molecule has 6 aliphatic rings. The van der Waals surface area contributed by atoms with Crippen LogP contribution in [-0.4, -0.2) is 15.0 Å². The SMILES string of the molecule is C1=CCCC(C2=NC(c3ccccc3)NC(c3cccc(-n4c5c(c6c4=CC4=CC=CCC4C=6)C=CC(n4c6c(c7ccccc74)C=CCC6)C5)c3)N2)=C1. The van der Waals surface area contributed by atoms with E-state index in [1.165, 1.54) is 71.9 Å². The number of aliphatic imine (C=N–C) groups is 1. The van der Waals surface area contributed by atoms with Gasteiger partial charge in [-0.1, -0.05) is 127 Å². The maximum absolute atomic E-state index is 5.21. The van der Waals surface area contributed by atoms with Crippen LogP contribution in [0.1, 0.15) is 77.7 Å². The third kappa shape index (κ3) is 5.21. The summed E-state index contributed by atoms with van der Waals surface area (Å²) in [5.41, 5.74) is 13.2. The van der Waals surface area contributed by atoms with E-state index in [-0.39, 0.29) is 18.4 Å². The van der Waals surface area contributed by atoms with E-state index >= 15 is 0 Å². The van der Waals surface area contributed by atoms with Gasteiger partial charge in [0.25, 0.3) is 0 Å². The Morgan fingerprint density at radius 1 is 0.759 bits per heavy atom. The Hall–Kier alpha value is -5.91. The highest BCUT2D eigenvalue weighted by atomic mass is 15.3. The molecule has 11 rings (SSSR count). The Kier molecular flexibility index (Phi) is 7.54. The normalized spacial score (nSPS) is 23.5. The lowest BCUT2D eigenvalue weighted by molar-refractivity contribution is 0.408. The Morgan fingerprint density at radius 2 is 1.63 bits per heavy atom. The average Bonchev–Trinajstić information content (AvgIpc) is 3.75. The number of para-hydroxylation sites is 1. The third-order valence-corrected chi connectivity index (χ3v) is 12.2. The first-order valence-electron chi connectivity index (χ1n) is 19.7. The molecule has 3 aromatic carbocycles. The van der Waals surface area contributed by atoms with Crippen molar-refractivity contribution in [2.24, 2.45) is 10.9 Å². The van der Waals surface area contributed by atoms with Crippen molar-refractivity contribution in [2.45, 2.75) is 56.9 Å². The standard InChI is InChI=1S/C49H43N5/c1-3-14-32(15-4-1)47-50-48(33-16-5-2-6-17-33)52-49(51-47)36-20-13-21-37(28-36)54-45-30-35-19-8-7-18-34(35)29-42(45)41-27-26-38(31-46(41)54)53-43-24-11-9-22-39(43)40-23-10-12-25-44(40)53/h1-5,7-11,13-16,19-24,26-30,34,38,47,49,51H,6,12,17-18,25,31H2,(H,50,52). The van der Waals surface area contributed by atoms with Gasteiger partial charge < -0.3 is 14.5 Å². The summed E-state index contributed by atoms with van der Waals surface area (Å²) in [4.78, 5) is 5.21. The van der Waals surface area contributed by atoms with Crippen LogP contribution in [0.15, 0.2) is 144 Å². The van der Waals surface area contributed by atoms with E-state index in [1.54, 1.807) is 0 Å². The van der Waals surface area contributed by atoms with Gasteiger partial charge in [0.15, 0.2) is 0 Å². The third-order valence-electron chi connectivity index (χ3n) is 12.2. The summed E-state index contributed by atoms with van der Waals surface area (Å²) in [6, 6.07) is 29.0. The molecule has 0 saturated carbocycles. The summed E-state index contributed by atoms with van der Waals surface area (Å²) in [6.07, 6.45) is 34.0. The van der Waals surface area contributed by atoms with E-state index in [9.17, 15) is 0 Å². The zero-order valence-electron chi connectivity index (χ0n) is 30.3. The van der Waals surface area contributed by atoms with Crippen LogP contribution in [0.3, 0.4) is 0 Å². The molecule has 4 unspecified atom stereocenters. The van der Waals surface area contributed by atoms with Gasteiger partial charge in [-0.3, -0.25) is 5.32 Å². The molecule has 2 N–H and O–H groups in total. The molecule has 5 nitrogen and oxygen atoms in total. The van der Waals surface area contributed by atoms with Gasteiger partial charge in [-0.2, -0.15) is 0 Å². The number of fused-ring (bicyclic) bond motifs is 7. The molecule has 2 aromatic heterocycles. The molecule has 5 aliphatic carbocycles. The summed E-state index contributed by atoms with van der Waals surface area (Å²) >= 11 is 0. The number of aromatic nitrogens is 2. The number of amidine groups is 1. The van der Waals surface area contributed by atoms with Gasteiger partial charge in [0.05, 0.1) is 11.4 Å². The monoisotopic (exact) mass is 701 g/mol. The first-order chi connectivity index (χ1) is 26.8. The summed E-state index contributed by atoms with van der Waals surface area (Å²) in [7, 11) is 0. The molecule has 3 heterocycles. The largest absolute Gasteiger partial charge is 0.351 e. The summed E-state index contributed by atoms with van der Waals surface area (Å²) in [5, 5.41) is 11.7. The number of benzene rings is 3. The summed E-state index contributed by atoms with van der Waals surface area (Å²) in [6.45, 7) is 0. The van der Waals surface area contributed by atoms with Gasteiger partial charge in [-0.05, 0) is 78.7 Å². The molecule has 0 fully saturated rings. The quantitative estimate of drug-likeness (QED) is 0.192. The predicted molar refractivity (Wildman–Crippen MR) is 222 cm³/mol. The Morgan fingerprint density at radius 3 is 2.56 bits per heavy atom. The van der Waals surface area contributed by atoms with Crippen LogP contribution in [0.2, 0.25) is 0 Å². The maximum Gasteiger partial charge on any atom is 0.129 e. The molecule has 5 aromatic rings. The minimum atomic E-state index is -0.149. The number of rotatable bonds is 5. The topological polar surface area (TPSA) is 46.3 Å².